The molecule has 0 aliphatic heterocycles. The van der Waals surface area contributed by atoms with Crippen LogP contribution in [0.25, 0.3) is 11.1 Å². The molecule has 0 N–H and O–H groups in total. The zero-order valence-electron chi connectivity index (χ0n) is 9.49. The molecule has 0 atom stereocenters. The fourth-order valence-corrected chi connectivity index (χ4v) is 2.65. The Morgan fingerprint density at radius 1 is 1.29 bits per heavy atom. The maximum absolute atomic E-state index is 12.9. The van der Waals surface area contributed by atoms with Gasteiger partial charge in [0, 0.05) is 5.56 Å². The summed E-state index contributed by atoms with van der Waals surface area (Å²) < 4.78 is 17.6. The molecule has 17 heavy (non-hydrogen) atoms. The average Bonchev–Trinajstić information content (AvgIpc) is 2.71. The number of esters is 1. The Labute approximate surface area is 103 Å². The first-order valence-electron chi connectivity index (χ1n) is 5.06. The lowest BCUT2D eigenvalue weighted by atomic mass is 10.0. The van der Waals surface area contributed by atoms with Crippen LogP contribution in [-0.2, 0) is 4.74 Å². The Kier molecular flexibility index (Phi) is 3.24. The smallest absolute Gasteiger partial charge is 0.348 e. The second kappa shape index (κ2) is 4.67. The molecule has 1 heterocycles. The Hall–Kier alpha value is -1.68. The molecule has 1 aromatic heterocycles. The predicted molar refractivity (Wildman–Crippen MR) is 65.8 cm³/mol. The number of halogens is 1. The van der Waals surface area contributed by atoms with Crippen LogP contribution < -0.4 is 0 Å². The third kappa shape index (κ3) is 2.22. The molecule has 0 bridgehead atoms. The van der Waals surface area contributed by atoms with Crippen molar-refractivity contribution >= 4 is 17.3 Å². The molecule has 2 aromatic rings. The first kappa shape index (κ1) is 11.8. The lowest BCUT2D eigenvalue weighted by Gasteiger charge is -2.04. The Bertz CT molecular complexity index is 543. The molecule has 0 spiro atoms. The monoisotopic (exact) mass is 250 g/mol. The first-order chi connectivity index (χ1) is 8.13. The summed E-state index contributed by atoms with van der Waals surface area (Å²) in [7, 11) is 1.35. The van der Waals surface area contributed by atoms with Crippen molar-refractivity contribution in [3.05, 3.63) is 45.9 Å². The lowest BCUT2D eigenvalue weighted by molar-refractivity contribution is 0.0607. The van der Waals surface area contributed by atoms with Gasteiger partial charge >= 0.3 is 5.97 Å². The quantitative estimate of drug-likeness (QED) is 0.760. The summed E-state index contributed by atoms with van der Waals surface area (Å²) in [6.45, 7) is 1.92. The maximum atomic E-state index is 12.9. The van der Waals surface area contributed by atoms with E-state index < -0.39 is 0 Å². The van der Waals surface area contributed by atoms with Crippen molar-refractivity contribution in [2.45, 2.75) is 6.92 Å². The lowest BCUT2D eigenvalue weighted by Crippen LogP contribution is -2.00. The molecule has 0 saturated carbocycles. The minimum Gasteiger partial charge on any atom is -0.465 e. The average molecular weight is 250 g/mol. The van der Waals surface area contributed by atoms with E-state index in [1.54, 1.807) is 12.1 Å². The Morgan fingerprint density at radius 3 is 2.53 bits per heavy atom. The van der Waals surface area contributed by atoms with Gasteiger partial charge in [0.15, 0.2) is 0 Å². The van der Waals surface area contributed by atoms with Crippen LogP contribution in [0.4, 0.5) is 4.39 Å². The summed E-state index contributed by atoms with van der Waals surface area (Å²) in [6, 6.07) is 6.09. The van der Waals surface area contributed by atoms with Crippen LogP contribution in [0, 0.1) is 12.7 Å². The van der Waals surface area contributed by atoms with E-state index in [9.17, 15) is 9.18 Å². The summed E-state index contributed by atoms with van der Waals surface area (Å²) in [5.41, 5.74) is 2.63. The van der Waals surface area contributed by atoms with Crippen molar-refractivity contribution in [2.24, 2.45) is 0 Å². The normalized spacial score (nSPS) is 10.3. The van der Waals surface area contributed by atoms with Crippen molar-refractivity contribution < 1.29 is 13.9 Å². The fourth-order valence-electron chi connectivity index (χ4n) is 1.66. The number of hydrogen-bond donors (Lipinski definition) is 0. The van der Waals surface area contributed by atoms with E-state index in [4.69, 9.17) is 4.74 Å². The molecule has 0 amide bonds. The third-order valence-corrected chi connectivity index (χ3v) is 3.56. The van der Waals surface area contributed by atoms with Crippen LogP contribution >= 0.6 is 11.3 Å². The van der Waals surface area contributed by atoms with Gasteiger partial charge < -0.3 is 4.74 Å². The summed E-state index contributed by atoms with van der Waals surface area (Å²) >= 11 is 1.34. The zero-order chi connectivity index (χ0) is 12.4. The second-order valence-corrected chi connectivity index (χ2v) is 4.50. The second-order valence-electron chi connectivity index (χ2n) is 3.62. The SMILES string of the molecule is COC(=O)c1scc(C)c1-c1ccc(F)cc1. The van der Waals surface area contributed by atoms with Gasteiger partial charge in [0.2, 0.25) is 0 Å². The highest BCUT2D eigenvalue weighted by Crippen LogP contribution is 2.32. The van der Waals surface area contributed by atoms with E-state index in [2.05, 4.69) is 0 Å². The van der Waals surface area contributed by atoms with Crippen molar-refractivity contribution in [2.75, 3.05) is 7.11 Å². The van der Waals surface area contributed by atoms with Crippen molar-refractivity contribution in [1.29, 1.82) is 0 Å². The van der Waals surface area contributed by atoms with Crippen molar-refractivity contribution in [1.82, 2.24) is 0 Å². The molecule has 0 saturated heterocycles. The largest absolute Gasteiger partial charge is 0.465 e. The third-order valence-electron chi connectivity index (χ3n) is 2.48. The molecular formula is C13H11FO2S. The predicted octanol–water partition coefficient (Wildman–Crippen LogP) is 3.65. The number of aryl methyl sites for hydroxylation is 1. The number of carbonyl (C=O) groups excluding carboxylic acids is 1. The molecule has 0 fully saturated rings. The van der Waals surface area contributed by atoms with Gasteiger partial charge in [-0.3, -0.25) is 0 Å². The summed E-state index contributed by atoms with van der Waals surface area (Å²) in [4.78, 5) is 12.2. The molecule has 2 nitrogen and oxygen atoms in total. The van der Waals surface area contributed by atoms with Crippen LogP contribution in [-0.4, -0.2) is 13.1 Å². The molecular weight excluding hydrogens is 239 g/mol. The van der Waals surface area contributed by atoms with E-state index in [1.807, 2.05) is 12.3 Å². The Morgan fingerprint density at radius 2 is 1.94 bits per heavy atom. The number of rotatable bonds is 2. The summed E-state index contributed by atoms with van der Waals surface area (Å²) in [5.74, 6) is -0.649. The van der Waals surface area contributed by atoms with Crippen LogP contribution in [0.15, 0.2) is 29.6 Å². The topological polar surface area (TPSA) is 26.3 Å². The molecule has 0 aliphatic carbocycles. The van der Waals surface area contributed by atoms with Gasteiger partial charge in [-0.15, -0.1) is 11.3 Å². The highest BCUT2D eigenvalue weighted by Gasteiger charge is 2.17. The van der Waals surface area contributed by atoms with Gasteiger partial charge in [0.25, 0.3) is 0 Å². The van der Waals surface area contributed by atoms with Crippen LogP contribution in [0.3, 0.4) is 0 Å². The van der Waals surface area contributed by atoms with Crippen molar-refractivity contribution in [3.63, 3.8) is 0 Å². The van der Waals surface area contributed by atoms with Gasteiger partial charge in [0.1, 0.15) is 10.7 Å². The molecule has 88 valence electrons. The van der Waals surface area contributed by atoms with Crippen LogP contribution in [0.5, 0.6) is 0 Å². The van der Waals surface area contributed by atoms with Gasteiger partial charge in [-0.25, -0.2) is 9.18 Å². The van der Waals surface area contributed by atoms with E-state index in [1.165, 1.54) is 30.6 Å². The standard InChI is InChI=1S/C13H11FO2S/c1-8-7-17-12(13(15)16-2)11(8)9-3-5-10(14)6-4-9/h3-7H,1-2H3. The molecule has 0 aliphatic rings. The minimum atomic E-state index is -0.359. The maximum Gasteiger partial charge on any atom is 0.348 e. The van der Waals surface area contributed by atoms with E-state index >= 15 is 0 Å². The van der Waals surface area contributed by atoms with Crippen LogP contribution in [0.2, 0.25) is 0 Å². The number of hydrogen-bond acceptors (Lipinski definition) is 3. The fraction of sp³-hybridized carbons (Fsp3) is 0.154. The zero-order valence-corrected chi connectivity index (χ0v) is 10.3. The number of carbonyl (C=O) groups is 1. The highest BCUT2D eigenvalue weighted by atomic mass is 32.1. The van der Waals surface area contributed by atoms with Crippen LogP contribution in [0.1, 0.15) is 15.2 Å². The van der Waals surface area contributed by atoms with E-state index in [0.29, 0.717) is 4.88 Å². The van der Waals surface area contributed by atoms with E-state index in [-0.39, 0.29) is 11.8 Å². The van der Waals surface area contributed by atoms with Gasteiger partial charge in [-0.1, -0.05) is 12.1 Å². The number of methoxy groups -OCH3 is 1. The molecule has 0 radical (unpaired) electrons. The van der Waals surface area contributed by atoms with E-state index in [0.717, 1.165) is 16.7 Å². The number of benzene rings is 1. The number of ether oxygens (including phenoxy) is 1. The minimum absolute atomic E-state index is 0.291. The molecule has 0 unspecified atom stereocenters. The molecule has 4 heteroatoms. The summed E-state index contributed by atoms with van der Waals surface area (Å²) in [5, 5.41) is 1.89. The first-order valence-corrected chi connectivity index (χ1v) is 5.94. The van der Waals surface area contributed by atoms with Gasteiger partial charge in [0.05, 0.1) is 7.11 Å². The molecule has 2 rings (SSSR count). The highest BCUT2D eigenvalue weighted by molar-refractivity contribution is 7.12. The number of thiophene rings is 1. The van der Waals surface area contributed by atoms with Gasteiger partial charge in [-0.05, 0) is 35.6 Å². The summed E-state index contributed by atoms with van der Waals surface area (Å²) in [6.07, 6.45) is 0. The molecule has 1 aromatic carbocycles. The Balaban J connectivity index is 2.54. The van der Waals surface area contributed by atoms with Crippen molar-refractivity contribution in [3.8, 4) is 11.1 Å². The van der Waals surface area contributed by atoms with Gasteiger partial charge in [-0.2, -0.15) is 0 Å².